The molecule has 1 unspecified atom stereocenters. The van der Waals surface area contributed by atoms with Crippen molar-refractivity contribution in [2.24, 2.45) is 0 Å². The van der Waals surface area contributed by atoms with Gasteiger partial charge in [-0.1, -0.05) is 19.3 Å². The largest absolute Gasteiger partial charge is 0.481 e. The zero-order valence-corrected chi connectivity index (χ0v) is 16.7. The molecule has 0 saturated heterocycles. The van der Waals surface area contributed by atoms with Crippen LogP contribution in [0.2, 0.25) is 0 Å². The van der Waals surface area contributed by atoms with Gasteiger partial charge in [0.15, 0.2) is 0 Å². The Balaban J connectivity index is 0.00000288. The van der Waals surface area contributed by atoms with Crippen LogP contribution < -0.4 is 4.74 Å². The average Bonchev–Trinajstić information content (AvgIpc) is 2.50. The van der Waals surface area contributed by atoms with Gasteiger partial charge in [0, 0.05) is 32.7 Å². The Morgan fingerprint density at radius 2 is 2.25 bits per heavy atom. The fourth-order valence-electron chi connectivity index (χ4n) is 2.32. The maximum Gasteiger partial charge on any atom is 0.256 e. The summed E-state index contributed by atoms with van der Waals surface area (Å²) in [5, 5.41) is -0.865. The molecule has 0 bridgehead atoms. The first-order chi connectivity index (χ1) is 10.9. The third-order valence-electron chi connectivity index (χ3n) is 3.35. The Morgan fingerprint density at radius 3 is 2.83 bits per heavy atom. The van der Waals surface area contributed by atoms with Crippen molar-refractivity contribution in [3.8, 4) is 18.1 Å². The van der Waals surface area contributed by atoms with E-state index in [0.717, 1.165) is 10.5 Å². The molecular formula is C17H15ClF2NO2Y-. The molecule has 0 spiro atoms. The number of alkyl halides is 3. The summed E-state index contributed by atoms with van der Waals surface area (Å²) in [6, 6.07) is 5.11. The normalized spacial score (nSPS) is 17.2. The van der Waals surface area contributed by atoms with E-state index in [9.17, 15) is 13.6 Å². The van der Waals surface area contributed by atoms with Gasteiger partial charge < -0.3 is 9.64 Å². The van der Waals surface area contributed by atoms with E-state index in [0.29, 0.717) is 17.0 Å². The predicted octanol–water partition coefficient (Wildman–Crippen LogP) is 3.25. The van der Waals surface area contributed by atoms with Crippen molar-refractivity contribution in [2.75, 3.05) is 13.2 Å². The number of halogens is 3. The summed E-state index contributed by atoms with van der Waals surface area (Å²) in [4.78, 5) is 13.1. The van der Waals surface area contributed by atoms with Crippen LogP contribution in [-0.2, 0) is 37.5 Å². The van der Waals surface area contributed by atoms with Gasteiger partial charge >= 0.3 is 0 Å². The second kappa shape index (κ2) is 9.51. The standard InChI is InChI=1S/C17H15ClF2NO2.Y/c1-3-8-23-12-4-5-13(11(2)9-12)15-7-6-14(18)17(22)21(15)10-16(19)20;/h1,4-5,9,14,16H,6,8,10H2,2H3;/q-1;. The Bertz CT molecular complexity index is 673. The summed E-state index contributed by atoms with van der Waals surface area (Å²) in [7, 11) is 0. The molecule has 0 aliphatic carbocycles. The first-order valence-electron chi connectivity index (χ1n) is 6.95. The van der Waals surface area contributed by atoms with Crippen LogP contribution in [0, 0.1) is 25.3 Å². The van der Waals surface area contributed by atoms with Crippen LogP contribution >= 0.6 is 11.6 Å². The minimum atomic E-state index is -2.66. The molecule has 1 aliphatic heterocycles. The molecule has 125 valence electrons. The number of terminal acetylenes is 1. The summed E-state index contributed by atoms with van der Waals surface area (Å²) in [6.45, 7) is 1.22. The molecule has 1 atom stereocenters. The zero-order chi connectivity index (χ0) is 17.0. The molecule has 1 amide bonds. The predicted molar refractivity (Wildman–Crippen MR) is 84.1 cm³/mol. The Hall–Kier alpha value is -0.956. The third-order valence-corrected chi connectivity index (χ3v) is 3.69. The van der Waals surface area contributed by atoms with Crippen LogP contribution in [0.25, 0.3) is 5.70 Å². The second-order valence-electron chi connectivity index (χ2n) is 5.01. The fourth-order valence-corrected chi connectivity index (χ4v) is 2.52. The fraction of sp³-hybridized carbons (Fsp3) is 0.353. The van der Waals surface area contributed by atoms with Gasteiger partial charge in [0.05, 0.1) is 6.54 Å². The van der Waals surface area contributed by atoms with Crippen LogP contribution in [0.15, 0.2) is 18.2 Å². The Kier molecular flexibility index (Phi) is 8.35. The van der Waals surface area contributed by atoms with E-state index >= 15 is 0 Å². The molecule has 24 heavy (non-hydrogen) atoms. The van der Waals surface area contributed by atoms with Gasteiger partial charge in [0.1, 0.15) is 17.7 Å². The third kappa shape index (κ3) is 5.02. The number of amides is 1. The van der Waals surface area contributed by atoms with Crippen molar-refractivity contribution in [3.05, 3.63) is 35.4 Å². The molecule has 0 aromatic heterocycles. The van der Waals surface area contributed by atoms with Crippen LogP contribution in [-0.4, -0.2) is 35.8 Å². The maximum atomic E-state index is 12.8. The molecule has 1 aliphatic rings. The summed E-state index contributed by atoms with van der Waals surface area (Å²) in [5.74, 6) is 2.40. The second-order valence-corrected chi connectivity index (χ2v) is 5.53. The van der Waals surface area contributed by atoms with E-state index in [4.69, 9.17) is 22.8 Å². The molecule has 3 nitrogen and oxygen atoms in total. The summed E-state index contributed by atoms with van der Waals surface area (Å²) >= 11 is 5.87. The van der Waals surface area contributed by atoms with Crippen LogP contribution in [0.4, 0.5) is 8.78 Å². The average molecular weight is 428 g/mol. The molecule has 0 saturated carbocycles. The molecular weight excluding hydrogens is 413 g/mol. The number of allylic oxidation sites excluding steroid dienone is 1. The van der Waals surface area contributed by atoms with Crippen molar-refractivity contribution in [3.63, 3.8) is 0 Å². The van der Waals surface area contributed by atoms with Crippen molar-refractivity contribution in [1.29, 1.82) is 0 Å². The van der Waals surface area contributed by atoms with Crippen molar-refractivity contribution < 1.29 is 51.0 Å². The van der Waals surface area contributed by atoms with Gasteiger partial charge in [-0.25, -0.2) is 14.9 Å². The number of ether oxygens (including phenoxy) is 1. The topological polar surface area (TPSA) is 29.5 Å². The van der Waals surface area contributed by atoms with Gasteiger partial charge in [-0.15, -0.1) is 40.9 Å². The summed E-state index contributed by atoms with van der Waals surface area (Å²) in [5.41, 5.74) is 1.73. The minimum Gasteiger partial charge on any atom is -0.481 e. The van der Waals surface area contributed by atoms with E-state index in [-0.39, 0.29) is 45.7 Å². The number of carbonyl (C=O) groups is 1. The summed E-state index contributed by atoms with van der Waals surface area (Å²) < 4.78 is 30.9. The van der Waals surface area contributed by atoms with E-state index in [1.165, 1.54) is 0 Å². The summed E-state index contributed by atoms with van der Waals surface area (Å²) in [6.07, 6.45) is 5.62. The first-order valence-corrected chi connectivity index (χ1v) is 7.39. The van der Waals surface area contributed by atoms with E-state index < -0.39 is 24.3 Å². The number of rotatable bonds is 5. The molecule has 0 N–H and O–H groups in total. The molecule has 1 heterocycles. The van der Waals surface area contributed by atoms with E-state index in [1.54, 1.807) is 25.1 Å². The van der Waals surface area contributed by atoms with E-state index in [1.807, 2.05) is 0 Å². The minimum absolute atomic E-state index is 0. The van der Waals surface area contributed by atoms with E-state index in [2.05, 4.69) is 12.0 Å². The number of carbonyl (C=O) groups excluding carboxylic acids is 1. The van der Waals surface area contributed by atoms with Gasteiger partial charge in [-0.2, -0.15) is 0 Å². The van der Waals surface area contributed by atoms with Gasteiger partial charge in [-0.05, 0) is 12.1 Å². The van der Waals surface area contributed by atoms with Gasteiger partial charge in [0.2, 0.25) is 5.91 Å². The molecule has 7 heteroatoms. The Morgan fingerprint density at radius 1 is 1.54 bits per heavy atom. The quantitative estimate of drug-likeness (QED) is 0.410. The van der Waals surface area contributed by atoms with Gasteiger partial charge in [-0.3, -0.25) is 4.79 Å². The van der Waals surface area contributed by atoms with Crippen LogP contribution in [0.5, 0.6) is 5.75 Å². The van der Waals surface area contributed by atoms with Crippen LogP contribution in [0.1, 0.15) is 17.5 Å². The van der Waals surface area contributed by atoms with Crippen LogP contribution in [0.3, 0.4) is 0 Å². The SMILES string of the molecule is C#CCOc1ccc(C2=[C-]CC(Cl)C(=O)N2CC(F)F)c(C)c1.[Y]. The zero-order valence-electron chi connectivity index (χ0n) is 13.1. The molecule has 1 aromatic rings. The smallest absolute Gasteiger partial charge is 0.256 e. The molecule has 2 rings (SSSR count). The number of aryl methyl sites for hydroxylation is 1. The van der Waals surface area contributed by atoms with Crippen molar-refractivity contribution in [1.82, 2.24) is 4.90 Å². The van der Waals surface area contributed by atoms with Gasteiger partial charge in [0.25, 0.3) is 6.43 Å². The number of nitrogens with zero attached hydrogens (tertiary/aromatic N) is 1. The number of hydrogen-bond donors (Lipinski definition) is 0. The first kappa shape index (κ1) is 21.1. The molecule has 1 radical (unpaired) electrons. The van der Waals surface area contributed by atoms with Crippen molar-refractivity contribution >= 4 is 23.2 Å². The van der Waals surface area contributed by atoms with Crippen molar-refractivity contribution in [2.45, 2.75) is 25.1 Å². The number of hydrogen-bond acceptors (Lipinski definition) is 2. The number of benzene rings is 1. The monoisotopic (exact) mass is 427 g/mol. The maximum absolute atomic E-state index is 12.8. The molecule has 1 aromatic carbocycles. The molecule has 0 fully saturated rings. The Labute approximate surface area is 170 Å².